The summed E-state index contributed by atoms with van der Waals surface area (Å²) in [6.07, 6.45) is 6.20. The second-order valence-electron chi connectivity index (χ2n) is 0.618. The molecule has 0 saturated carbocycles. The molecule has 0 aromatic rings. The second kappa shape index (κ2) is 3.90. The summed E-state index contributed by atoms with van der Waals surface area (Å²) in [5, 5.41) is 0. The Bertz CT molecular complexity index is 70.1. The van der Waals surface area contributed by atoms with Gasteiger partial charge in [0.1, 0.15) is 0 Å². The maximum absolute atomic E-state index is 4.74. The molecule has 0 aliphatic rings. The molecule has 0 rings (SSSR count). The molecule has 0 atom stereocenters. The molecule has 0 unspecified atom stereocenters. The molecule has 0 spiro atoms. The maximum Gasteiger partial charge on any atom is 0.0214 e. The monoisotopic (exact) mass is 82.1 g/mol. The average molecular weight is 82.1 g/mol. The van der Waals surface area contributed by atoms with Gasteiger partial charge in [0.05, 0.1) is 0 Å². The summed E-state index contributed by atoms with van der Waals surface area (Å²) in [5.41, 5.74) is 4.83. The summed E-state index contributed by atoms with van der Waals surface area (Å²) in [5.74, 6) is 0. The Labute approximate surface area is 37.2 Å². The van der Waals surface area contributed by atoms with Crippen molar-refractivity contribution in [2.45, 2.75) is 0 Å². The molecule has 0 radical (unpaired) electrons. The van der Waals surface area contributed by atoms with Crippen molar-refractivity contribution < 1.29 is 0 Å². The maximum atomic E-state index is 4.74. The van der Waals surface area contributed by atoms with Gasteiger partial charge in [0.2, 0.25) is 0 Å². The van der Waals surface area contributed by atoms with E-state index in [2.05, 4.69) is 23.5 Å². The standard InChI is InChI=1S/C4H6N2/c1-3-5-6-4-2/h1,4-6H,2H2. The van der Waals surface area contributed by atoms with Crippen molar-refractivity contribution in [2.24, 2.45) is 0 Å². The summed E-state index contributed by atoms with van der Waals surface area (Å²) in [4.78, 5) is 0. The van der Waals surface area contributed by atoms with Crippen LogP contribution >= 0.6 is 0 Å². The van der Waals surface area contributed by atoms with Crippen LogP contribution in [-0.4, -0.2) is 0 Å². The van der Waals surface area contributed by atoms with Gasteiger partial charge in [-0.2, -0.15) is 0 Å². The van der Waals surface area contributed by atoms with Crippen LogP contribution in [0.5, 0.6) is 0 Å². The van der Waals surface area contributed by atoms with E-state index in [0.717, 1.165) is 0 Å². The third-order valence-corrected chi connectivity index (χ3v) is 0.246. The lowest BCUT2D eigenvalue weighted by atomic mass is 11.0. The van der Waals surface area contributed by atoms with Crippen LogP contribution in [0, 0.1) is 12.5 Å². The highest BCUT2D eigenvalue weighted by Gasteiger charge is 1.52. The molecule has 6 heavy (non-hydrogen) atoms. The van der Waals surface area contributed by atoms with E-state index in [4.69, 9.17) is 6.42 Å². The SMILES string of the molecule is C#CNNC=C. The number of terminal acetylenes is 1. The van der Waals surface area contributed by atoms with Gasteiger partial charge in [-0.1, -0.05) is 13.0 Å². The summed E-state index contributed by atoms with van der Waals surface area (Å²) in [7, 11) is 0. The van der Waals surface area contributed by atoms with Crippen molar-refractivity contribution in [3.63, 3.8) is 0 Å². The predicted octanol–water partition coefficient (Wildman–Crippen LogP) is -0.185. The first-order chi connectivity index (χ1) is 2.91. The van der Waals surface area contributed by atoms with Crippen LogP contribution in [0.25, 0.3) is 0 Å². The summed E-state index contributed by atoms with van der Waals surface area (Å²) < 4.78 is 0. The molecule has 32 valence electrons. The fourth-order valence-corrected chi connectivity index (χ4v) is 0.0927. The molecule has 0 heterocycles. The van der Waals surface area contributed by atoms with Crippen LogP contribution in [0.1, 0.15) is 0 Å². The first-order valence-electron chi connectivity index (χ1n) is 1.49. The predicted molar refractivity (Wildman–Crippen MR) is 25.3 cm³/mol. The van der Waals surface area contributed by atoms with E-state index in [1.165, 1.54) is 6.20 Å². The zero-order chi connectivity index (χ0) is 4.83. The topological polar surface area (TPSA) is 24.1 Å². The molecule has 0 amide bonds. The van der Waals surface area contributed by atoms with Crippen molar-refractivity contribution >= 4 is 0 Å². The zero-order valence-corrected chi connectivity index (χ0v) is 3.36. The molecule has 0 aromatic carbocycles. The smallest absolute Gasteiger partial charge is 0.0214 e. The first kappa shape index (κ1) is 4.90. The molecular formula is C4H6N2. The van der Waals surface area contributed by atoms with Crippen LogP contribution in [-0.2, 0) is 0 Å². The minimum absolute atomic E-state index is 1.46. The van der Waals surface area contributed by atoms with Crippen molar-refractivity contribution in [1.29, 1.82) is 0 Å². The number of hydrazine groups is 1. The van der Waals surface area contributed by atoms with Crippen molar-refractivity contribution in [1.82, 2.24) is 10.9 Å². The van der Waals surface area contributed by atoms with Crippen LogP contribution in [0.15, 0.2) is 12.8 Å². The Balaban J connectivity index is 2.72. The first-order valence-corrected chi connectivity index (χ1v) is 1.49. The van der Waals surface area contributed by atoms with Crippen molar-refractivity contribution in [3.05, 3.63) is 12.8 Å². The average Bonchev–Trinajstić information content (AvgIpc) is 1.61. The Morgan fingerprint density at radius 1 is 1.83 bits per heavy atom. The van der Waals surface area contributed by atoms with Gasteiger partial charge >= 0.3 is 0 Å². The molecule has 2 heteroatoms. The number of nitrogens with one attached hydrogen (secondary N) is 2. The largest absolute Gasteiger partial charge is 0.302 e. The van der Waals surface area contributed by atoms with Crippen molar-refractivity contribution in [2.75, 3.05) is 0 Å². The molecule has 2 nitrogen and oxygen atoms in total. The molecule has 0 aromatic heterocycles. The minimum atomic E-state index is 1.46. The van der Waals surface area contributed by atoms with Crippen LogP contribution in [0.2, 0.25) is 0 Å². The van der Waals surface area contributed by atoms with Gasteiger partial charge in [-0.3, -0.25) is 5.43 Å². The van der Waals surface area contributed by atoms with Crippen LogP contribution < -0.4 is 10.9 Å². The number of hydrogen-bond donors (Lipinski definition) is 2. The van der Waals surface area contributed by atoms with Gasteiger partial charge in [-0.15, -0.1) is 0 Å². The van der Waals surface area contributed by atoms with E-state index >= 15 is 0 Å². The zero-order valence-electron chi connectivity index (χ0n) is 3.36. The van der Waals surface area contributed by atoms with E-state index in [1.807, 2.05) is 0 Å². The lowest BCUT2D eigenvalue weighted by molar-refractivity contribution is 0.807. The summed E-state index contributed by atoms with van der Waals surface area (Å²) in [6.45, 7) is 3.33. The Morgan fingerprint density at radius 3 is 2.67 bits per heavy atom. The fraction of sp³-hybridized carbons (Fsp3) is 0. The quantitative estimate of drug-likeness (QED) is 0.209. The van der Waals surface area contributed by atoms with E-state index < -0.39 is 0 Å². The third-order valence-electron chi connectivity index (χ3n) is 0.246. The Kier molecular flexibility index (Phi) is 3.19. The lowest BCUT2D eigenvalue weighted by Gasteiger charge is -1.88. The van der Waals surface area contributed by atoms with E-state index in [0.29, 0.717) is 0 Å². The van der Waals surface area contributed by atoms with Crippen LogP contribution in [0.3, 0.4) is 0 Å². The third kappa shape index (κ3) is 2.90. The Hall–Kier alpha value is -1.10. The second-order valence-corrected chi connectivity index (χ2v) is 0.618. The van der Waals surface area contributed by atoms with Gasteiger partial charge in [-0.25, -0.2) is 0 Å². The van der Waals surface area contributed by atoms with Gasteiger partial charge in [0, 0.05) is 12.2 Å². The number of hydrogen-bond acceptors (Lipinski definition) is 2. The highest BCUT2D eigenvalue weighted by molar-refractivity contribution is 4.78. The van der Waals surface area contributed by atoms with Crippen LogP contribution in [0.4, 0.5) is 0 Å². The minimum Gasteiger partial charge on any atom is -0.302 e. The molecular weight excluding hydrogens is 76.1 g/mol. The van der Waals surface area contributed by atoms with E-state index in [1.54, 1.807) is 0 Å². The lowest BCUT2D eigenvalue weighted by Crippen LogP contribution is -2.19. The molecule has 0 bridgehead atoms. The van der Waals surface area contributed by atoms with Crippen molar-refractivity contribution in [3.8, 4) is 12.5 Å². The molecule has 0 aliphatic heterocycles. The van der Waals surface area contributed by atoms with Gasteiger partial charge in [0.15, 0.2) is 0 Å². The summed E-state index contributed by atoms with van der Waals surface area (Å²) >= 11 is 0. The summed E-state index contributed by atoms with van der Waals surface area (Å²) in [6, 6.07) is 2.14. The molecule has 0 aliphatic carbocycles. The van der Waals surface area contributed by atoms with Gasteiger partial charge in [0.25, 0.3) is 0 Å². The number of rotatable bonds is 2. The Morgan fingerprint density at radius 2 is 2.50 bits per heavy atom. The van der Waals surface area contributed by atoms with Gasteiger partial charge < -0.3 is 5.43 Å². The molecule has 2 N–H and O–H groups in total. The highest BCUT2D eigenvalue weighted by Crippen LogP contribution is 1.37. The van der Waals surface area contributed by atoms with E-state index in [9.17, 15) is 0 Å². The highest BCUT2D eigenvalue weighted by atomic mass is 15.3. The molecule has 0 fully saturated rings. The van der Waals surface area contributed by atoms with Gasteiger partial charge in [-0.05, 0) is 0 Å². The fourth-order valence-electron chi connectivity index (χ4n) is 0.0927. The van der Waals surface area contributed by atoms with E-state index in [-0.39, 0.29) is 0 Å². The normalized spacial score (nSPS) is 5.17. The molecule has 0 saturated heterocycles.